The van der Waals surface area contributed by atoms with Crippen molar-refractivity contribution in [3.8, 4) is 11.5 Å². The predicted molar refractivity (Wildman–Crippen MR) is 118 cm³/mol. The van der Waals surface area contributed by atoms with Crippen LogP contribution in [0.25, 0.3) is 0 Å². The summed E-state index contributed by atoms with van der Waals surface area (Å²) in [7, 11) is 0. The number of hydrogen-bond acceptors (Lipinski definition) is 5. The quantitative estimate of drug-likeness (QED) is 0.386. The van der Waals surface area contributed by atoms with Gasteiger partial charge in [0.05, 0.1) is 17.8 Å². The van der Waals surface area contributed by atoms with Crippen LogP contribution in [0.3, 0.4) is 0 Å². The first-order valence-corrected chi connectivity index (χ1v) is 9.89. The zero-order valence-electron chi connectivity index (χ0n) is 16.1. The fourth-order valence-corrected chi connectivity index (χ4v) is 2.93. The lowest BCUT2D eigenvalue weighted by atomic mass is 10.2. The van der Waals surface area contributed by atoms with Crippen molar-refractivity contribution in [3.63, 3.8) is 0 Å². The summed E-state index contributed by atoms with van der Waals surface area (Å²) in [5, 5.41) is 5.01. The molecule has 154 valence electrons. The number of rotatable bonds is 8. The molecule has 0 aliphatic rings. The molecule has 2 aromatic carbocycles. The van der Waals surface area contributed by atoms with E-state index in [1.165, 1.54) is 18.6 Å². The second kappa shape index (κ2) is 10.6. The van der Waals surface area contributed by atoms with Crippen LogP contribution in [0.2, 0.25) is 10.0 Å². The van der Waals surface area contributed by atoms with Crippen LogP contribution in [0.4, 0.5) is 0 Å². The van der Waals surface area contributed by atoms with Gasteiger partial charge in [-0.3, -0.25) is 9.78 Å². The molecule has 3 aromatic rings. The van der Waals surface area contributed by atoms with Crippen molar-refractivity contribution in [2.45, 2.75) is 13.5 Å². The van der Waals surface area contributed by atoms with Crippen molar-refractivity contribution in [2.24, 2.45) is 5.10 Å². The van der Waals surface area contributed by atoms with Gasteiger partial charge in [-0.15, -0.1) is 0 Å². The molecule has 0 saturated heterocycles. The zero-order chi connectivity index (χ0) is 21.3. The van der Waals surface area contributed by atoms with Crippen molar-refractivity contribution in [2.75, 3.05) is 6.61 Å². The SMILES string of the molecule is CCOc1cc(/C=N/NC(=O)c2ccncc2)cc(Cl)c1OCc1ccc(Cl)cc1. The number of amides is 1. The number of carbonyl (C=O) groups excluding carboxylic acids is 1. The maximum atomic E-state index is 12.0. The van der Waals surface area contributed by atoms with E-state index in [9.17, 15) is 4.79 Å². The molecule has 1 aromatic heterocycles. The van der Waals surface area contributed by atoms with E-state index in [0.29, 0.717) is 45.9 Å². The van der Waals surface area contributed by atoms with Gasteiger partial charge in [0.25, 0.3) is 5.91 Å². The largest absolute Gasteiger partial charge is 0.490 e. The molecule has 1 amide bonds. The van der Waals surface area contributed by atoms with Gasteiger partial charge in [-0.2, -0.15) is 5.10 Å². The smallest absolute Gasteiger partial charge is 0.271 e. The van der Waals surface area contributed by atoms with Crippen molar-refractivity contribution in [3.05, 3.63) is 87.7 Å². The summed E-state index contributed by atoms with van der Waals surface area (Å²) in [6, 6.07) is 14.0. The number of aromatic nitrogens is 1. The molecule has 0 saturated carbocycles. The number of benzene rings is 2. The third kappa shape index (κ3) is 5.95. The van der Waals surface area contributed by atoms with Crippen LogP contribution in [0.1, 0.15) is 28.4 Å². The van der Waals surface area contributed by atoms with Crippen molar-refractivity contribution < 1.29 is 14.3 Å². The Hall–Kier alpha value is -3.09. The van der Waals surface area contributed by atoms with Crippen molar-refractivity contribution in [1.82, 2.24) is 10.4 Å². The standard InChI is InChI=1S/C22H19Cl2N3O3/c1-2-29-20-12-16(13-26-27-22(28)17-7-9-25-10-8-17)11-19(24)21(20)30-14-15-3-5-18(23)6-4-15/h3-13H,2,14H2,1H3,(H,27,28)/b26-13+. The van der Waals surface area contributed by atoms with E-state index < -0.39 is 0 Å². The van der Waals surface area contributed by atoms with Gasteiger partial charge in [-0.05, 0) is 54.4 Å². The Morgan fingerprint density at radius 2 is 1.83 bits per heavy atom. The molecule has 0 bridgehead atoms. The van der Waals surface area contributed by atoms with Gasteiger partial charge in [-0.1, -0.05) is 35.3 Å². The number of hydrazone groups is 1. The molecule has 0 spiro atoms. The Labute approximate surface area is 184 Å². The van der Waals surface area contributed by atoms with E-state index >= 15 is 0 Å². The van der Waals surface area contributed by atoms with E-state index in [0.717, 1.165) is 5.56 Å². The number of nitrogens with one attached hydrogen (secondary N) is 1. The first kappa shape index (κ1) is 21.6. The summed E-state index contributed by atoms with van der Waals surface area (Å²) in [6.07, 6.45) is 4.56. The molecular formula is C22H19Cl2N3O3. The number of nitrogens with zero attached hydrogens (tertiary/aromatic N) is 2. The second-order valence-electron chi connectivity index (χ2n) is 6.11. The van der Waals surface area contributed by atoms with Crippen molar-refractivity contribution >= 4 is 35.3 Å². The van der Waals surface area contributed by atoms with E-state index in [1.807, 2.05) is 19.1 Å². The van der Waals surface area contributed by atoms with Crippen LogP contribution in [-0.2, 0) is 6.61 Å². The average molecular weight is 444 g/mol. The maximum Gasteiger partial charge on any atom is 0.271 e. The Balaban J connectivity index is 1.71. The first-order valence-electron chi connectivity index (χ1n) is 9.14. The fourth-order valence-electron chi connectivity index (χ4n) is 2.53. The second-order valence-corrected chi connectivity index (χ2v) is 6.96. The fraction of sp³-hybridized carbons (Fsp3) is 0.136. The molecule has 0 aliphatic carbocycles. The van der Waals surface area contributed by atoms with E-state index in [1.54, 1.807) is 36.4 Å². The van der Waals surface area contributed by atoms with E-state index in [-0.39, 0.29) is 5.91 Å². The lowest BCUT2D eigenvalue weighted by Gasteiger charge is -2.14. The number of carbonyl (C=O) groups is 1. The summed E-state index contributed by atoms with van der Waals surface area (Å²) in [6.45, 7) is 2.62. The van der Waals surface area contributed by atoms with Gasteiger partial charge in [0.2, 0.25) is 0 Å². The minimum atomic E-state index is -0.340. The molecule has 8 heteroatoms. The minimum absolute atomic E-state index is 0.312. The topological polar surface area (TPSA) is 72.8 Å². The molecule has 0 atom stereocenters. The van der Waals surface area contributed by atoms with Gasteiger partial charge in [0.15, 0.2) is 11.5 Å². The number of pyridine rings is 1. The van der Waals surface area contributed by atoms with Crippen LogP contribution < -0.4 is 14.9 Å². The van der Waals surface area contributed by atoms with Gasteiger partial charge in [0.1, 0.15) is 6.61 Å². The Morgan fingerprint density at radius 1 is 1.10 bits per heavy atom. The summed E-state index contributed by atoms with van der Waals surface area (Å²) in [5.41, 5.74) is 4.52. The lowest BCUT2D eigenvalue weighted by Crippen LogP contribution is -2.17. The molecular weight excluding hydrogens is 425 g/mol. The van der Waals surface area contributed by atoms with E-state index in [4.69, 9.17) is 32.7 Å². The Morgan fingerprint density at radius 3 is 2.53 bits per heavy atom. The predicted octanol–water partition coefficient (Wildman–Crippen LogP) is 5.13. The molecule has 6 nitrogen and oxygen atoms in total. The summed E-state index contributed by atoms with van der Waals surface area (Å²) in [4.78, 5) is 15.9. The van der Waals surface area contributed by atoms with E-state index in [2.05, 4.69) is 15.5 Å². The molecule has 0 fully saturated rings. The first-order chi connectivity index (χ1) is 14.6. The highest BCUT2D eigenvalue weighted by Crippen LogP contribution is 2.37. The average Bonchev–Trinajstić information content (AvgIpc) is 2.75. The summed E-state index contributed by atoms with van der Waals surface area (Å²) < 4.78 is 11.6. The summed E-state index contributed by atoms with van der Waals surface area (Å²) in [5.74, 6) is 0.583. The van der Waals surface area contributed by atoms with Crippen LogP contribution >= 0.6 is 23.2 Å². The molecule has 1 N–H and O–H groups in total. The van der Waals surface area contributed by atoms with Gasteiger partial charge >= 0.3 is 0 Å². The molecule has 3 rings (SSSR count). The number of ether oxygens (including phenoxy) is 2. The third-order valence-electron chi connectivity index (χ3n) is 3.95. The monoisotopic (exact) mass is 443 g/mol. The lowest BCUT2D eigenvalue weighted by molar-refractivity contribution is 0.0955. The van der Waals surface area contributed by atoms with Crippen LogP contribution in [0, 0.1) is 0 Å². The molecule has 1 heterocycles. The van der Waals surface area contributed by atoms with Gasteiger partial charge < -0.3 is 9.47 Å². The molecule has 0 radical (unpaired) electrons. The summed E-state index contributed by atoms with van der Waals surface area (Å²) >= 11 is 12.3. The number of hydrogen-bond donors (Lipinski definition) is 1. The van der Waals surface area contributed by atoms with Crippen LogP contribution in [0.15, 0.2) is 66.0 Å². The highest BCUT2D eigenvalue weighted by Gasteiger charge is 2.13. The van der Waals surface area contributed by atoms with Gasteiger partial charge in [-0.25, -0.2) is 5.43 Å². The zero-order valence-corrected chi connectivity index (χ0v) is 17.7. The van der Waals surface area contributed by atoms with Crippen LogP contribution in [0.5, 0.6) is 11.5 Å². The minimum Gasteiger partial charge on any atom is -0.490 e. The maximum absolute atomic E-state index is 12.0. The number of halogens is 2. The molecule has 0 unspecified atom stereocenters. The Kier molecular flexibility index (Phi) is 7.65. The Bertz CT molecular complexity index is 1030. The van der Waals surface area contributed by atoms with Gasteiger partial charge in [0, 0.05) is 23.0 Å². The normalized spacial score (nSPS) is 10.8. The highest BCUT2D eigenvalue weighted by molar-refractivity contribution is 6.32. The third-order valence-corrected chi connectivity index (χ3v) is 4.48. The van der Waals surface area contributed by atoms with Crippen molar-refractivity contribution in [1.29, 1.82) is 0 Å². The molecule has 0 aliphatic heterocycles. The van der Waals surface area contributed by atoms with Crippen LogP contribution in [-0.4, -0.2) is 23.7 Å². The highest BCUT2D eigenvalue weighted by atomic mass is 35.5. The molecule has 30 heavy (non-hydrogen) atoms.